The van der Waals surface area contributed by atoms with Crippen molar-refractivity contribution in [1.82, 2.24) is 9.78 Å². The molecule has 1 atom stereocenters. The summed E-state index contributed by atoms with van der Waals surface area (Å²) < 4.78 is 26.2. The Labute approximate surface area is 83.8 Å². The van der Waals surface area contributed by atoms with Crippen molar-refractivity contribution in [2.75, 3.05) is 0 Å². The van der Waals surface area contributed by atoms with Gasteiger partial charge in [-0.3, -0.25) is 14.8 Å². The predicted octanol–water partition coefficient (Wildman–Crippen LogP) is 0.767. The first-order valence-electron chi connectivity index (χ1n) is 4.02. The number of aromatic nitrogens is 2. The average molecular weight is 220 g/mol. The molecule has 0 aliphatic carbocycles. The van der Waals surface area contributed by atoms with Crippen molar-refractivity contribution in [1.29, 1.82) is 0 Å². The van der Waals surface area contributed by atoms with Crippen molar-refractivity contribution in [3.63, 3.8) is 0 Å². The number of hydrogen-bond acceptors (Lipinski definition) is 4. The highest BCUT2D eigenvalue weighted by atomic mass is 19.3. The zero-order chi connectivity index (χ0) is 11.8. The lowest BCUT2D eigenvalue weighted by molar-refractivity contribution is -0.386. The Morgan fingerprint density at radius 1 is 1.73 bits per heavy atom. The highest BCUT2D eigenvalue weighted by Crippen LogP contribution is 2.31. The number of hydrogen-bond donors (Lipinski definition) is 1. The van der Waals surface area contributed by atoms with Gasteiger partial charge >= 0.3 is 5.69 Å². The van der Waals surface area contributed by atoms with Crippen LogP contribution in [0.3, 0.4) is 0 Å². The summed E-state index contributed by atoms with van der Waals surface area (Å²) in [6.45, 7) is 1.03. The molecule has 0 aliphatic rings. The highest BCUT2D eigenvalue weighted by molar-refractivity contribution is 5.38. The monoisotopic (exact) mass is 220 g/mol. The molecular formula is C7H10F2N4O2. The Morgan fingerprint density at radius 3 is 2.67 bits per heavy atom. The molecular weight excluding hydrogens is 210 g/mol. The first-order chi connectivity index (χ1) is 6.78. The van der Waals surface area contributed by atoms with E-state index in [0.29, 0.717) is 0 Å². The van der Waals surface area contributed by atoms with Gasteiger partial charge in [0.05, 0.1) is 4.92 Å². The minimum Gasteiger partial charge on any atom is -0.315 e. The first-order valence-corrected chi connectivity index (χ1v) is 4.02. The number of rotatable bonds is 3. The largest absolute Gasteiger partial charge is 0.315 e. The van der Waals surface area contributed by atoms with Crippen molar-refractivity contribution in [2.45, 2.75) is 18.9 Å². The Bertz CT molecular complexity index is 388. The van der Waals surface area contributed by atoms with Crippen LogP contribution in [0, 0.1) is 10.1 Å². The molecule has 1 aromatic rings. The van der Waals surface area contributed by atoms with E-state index in [-0.39, 0.29) is 5.69 Å². The fourth-order valence-electron chi connectivity index (χ4n) is 1.29. The van der Waals surface area contributed by atoms with E-state index >= 15 is 0 Å². The van der Waals surface area contributed by atoms with E-state index in [2.05, 4.69) is 5.10 Å². The second-order valence-electron chi connectivity index (χ2n) is 3.34. The quantitative estimate of drug-likeness (QED) is 0.602. The number of nitrogens with two attached hydrogens (primary N) is 1. The smallest absolute Gasteiger partial charge is 0.312 e. The molecule has 1 aromatic heterocycles. The molecule has 1 heterocycles. The van der Waals surface area contributed by atoms with E-state index < -0.39 is 22.6 Å². The van der Waals surface area contributed by atoms with E-state index in [1.165, 1.54) is 7.05 Å². The maximum atomic E-state index is 12.6. The van der Waals surface area contributed by atoms with Crippen molar-refractivity contribution < 1.29 is 13.7 Å². The van der Waals surface area contributed by atoms with Crippen LogP contribution in [0.4, 0.5) is 14.5 Å². The van der Waals surface area contributed by atoms with Gasteiger partial charge in [-0.15, -0.1) is 0 Å². The van der Waals surface area contributed by atoms with Crippen molar-refractivity contribution in [3.8, 4) is 0 Å². The molecule has 0 aromatic carbocycles. The van der Waals surface area contributed by atoms with E-state index in [1.54, 1.807) is 0 Å². The molecule has 0 spiro atoms. The second-order valence-corrected chi connectivity index (χ2v) is 3.34. The number of aryl methyl sites for hydroxylation is 1. The summed E-state index contributed by atoms with van der Waals surface area (Å²) in [6.07, 6.45) is -2.00. The van der Waals surface area contributed by atoms with Gasteiger partial charge in [0.2, 0.25) is 0 Å². The lowest BCUT2D eigenvalue weighted by Gasteiger charge is -2.22. The summed E-state index contributed by atoms with van der Waals surface area (Å²) in [5.41, 5.74) is 2.47. The fraction of sp³-hybridized carbons (Fsp3) is 0.571. The lowest BCUT2D eigenvalue weighted by Crippen LogP contribution is -2.42. The molecule has 8 heteroatoms. The third-order valence-corrected chi connectivity index (χ3v) is 2.08. The molecule has 0 aliphatic heterocycles. The molecule has 0 saturated carbocycles. The van der Waals surface area contributed by atoms with Gasteiger partial charge in [-0.1, -0.05) is 0 Å². The molecule has 0 bridgehead atoms. The van der Waals surface area contributed by atoms with Crippen LogP contribution in [0.1, 0.15) is 12.6 Å². The summed E-state index contributed by atoms with van der Waals surface area (Å²) in [7, 11) is 1.33. The Hall–Kier alpha value is -1.57. The van der Waals surface area contributed by atoms with E-state index in [4.69, 9.17) is 5.73 Å². The van der Waals surface area contributed by atoms with Crippen molar-refractivity contribution in [2.24, 2.45) is 12.8 Å². The SMILES string of the molecule is Cn1ncc([N+](=O)[O-])c1C(C)(N)C(F)F. The number of alkyl halides is 2. The van der Waals surface area contributed by atoms with E-state index in [9.17, 15) is 18.9 Å². The van der Waals surface area contributed by atoms with Crippen LogP contribution in [0.2, 0.25) is 0 Å². The number of nitro groups is 1. The number of halogens is 2. The molecule has 6 nitrogen and oxygen atoms in total. The van der Waals surface area contributed by atoms with Gasteiger partial charge in [0, 0.05) is 7.05 Å². The third-order valence-electron chi connectivity index (χ3n) is 2.08. The molecule has 84 valence electrons. The lowest BCUT2D eigenvalue weighted by atomic mass is 9.99. The van der Waals surface area contributed by atoms with Crippen LogP contribution in [-0.2, 0) is 12.6 Å². The topological polar surface area (TPSA) is 87.0 Å². The Balaban J connectivity index is 3.35. The first kappa shape index (κ1) is 11.5. The fourth-order valence-corrected chi connectivity index (χ4v) is 1.29. The van der Waals surface area contributed by atoms with Crippen molar-refractivity contribution in [3.05, 3.63) is 22.0 Å². The van der Waals surface area contributed by atoms with Gasteiger partial charge in [0.25, 0.3) is 6.43 Å². The molecule has 1 rings (SSSR count). The van der Waals surface area contributed by atoms with E-state index in [0.717, 1.165) is 17.8 Å². The van der Waals surface area contributed by atoms with Crippen molar-refractivity contribution >= 4 is 5.69 Å². The summed E-state index contributed by atoms with van der Waals surface area (Å²) in [5.74, 6) is 0. The van der Waals surface area contributed by atoms with Gasteiger partial charge in [0.1, 0.15) is 17.4 Å². The Kier molecular flexibility index (Phi) is 2.71. The van der Waals surface area contributed by atoms with Crippen LogP contribution in [-0.4, -0.2) is 21.1 Å². The molecule has 0 saturated heterocycles. The van der Waals surface area contributed by atoms with Crippen LogP contribution in [0.5, 0.6) is 0 Å². The van der Waals surface area contributed by atoms with Crippen LogP contribution in [0.25, 0.3) is 0 Å². The van der Waals surface area contributed by atoms with Gasteiger partial charge in [-0.05, 0) is 6.92 Å². The zero-order valence-corrected chi connectivity index (χ0v) is 8.15. The maximum absolute atomic E-state index is 12.6. The molecule has 1 unspecified atom stereocenters. The molecule has 0 fully saturated rings. The molecule has 0 amide bonds. The van der Waals surface area contributed by atoms with Gasteiger partial charge in [-0.25, -0.2) is 8.78 Å². The zero-order valence-electron chi connectivity index (χ0n) is 8.15. The molecule has 2 N–H and O–H groups in total. The summed E-state index contributed by atoms with van der Waals surface area (Å²) in [4.78, 5) is 9.77. The maximum Gasteiger partial charge on any atom is 0.312 e. The second kappa shape index (κ2) is 3.54. The minimum atomic E-state index is -2.91. The third kappa shape index (κ3) is 1.80. The standard InChI is InChI=1S/C7H10F2N4O2/c1-7(10,6(8)9)5-4(13(14)15)3-11-12(5)2/h3,6H,10H2,1-2H3. The van der Waals surface area contributed by atoms with Gasteiger partial charge < -0.3 is 5.73 Å². The average Bonchev–Trinajstić information content (AvgIpc) is 2.47. The molecule has 15 heavy (non-hydrogen) atoms. The van der Waals surface area contributed by atoms with Gasteiger partial charge in [-0.2, -0.15) is 5.10 Å². The van der Waals surface area contributed by atoms with Crippen LogP contribution < -0.4 is 5.73 Å². The highest BCUT2D eigenvalue weighted by Gasteiger charge is 2.41. The van der Waals surface area contributed by atoms with Crippen LogP contribution >= 0.6 is 0 Å². The number of nitrogens with zero attached hydrogens (tertiary/aromatic N) is 3. The molecule has 0 radical (unpaired) electrons. The predicted molar refractivity (Wildman–Crippen MR) is 47.4 cm³/mol. The van der Waals surface area contributed by atoms with E-state index in [1.807, 2.05) is 0 Å². The summed E-state index contributed by atoms with van der Waals surface area (Å²) in [5, 5.41) is 14.1. The summed E-state index contributed by atoms with van der Waals surface area (Å²) >= 11 is 0. The van der Waals surface area contributed by atoms with Crippen LogP contribution in [0.15, 0.2) is 6.20 Å². The Morgan fingerprint density at radius 2 is 2.27 bits per heavy atom. The van der Waals surface area contributed by atoms with Gasteiger partial charge in [0.15, 0.2) is 0 Å². The summed E-state index contributed by atoms with van der Waals surface area (Å²) in [6, 6.07) is 0. The minimum absolute atomic E-state index is 0.289. The normalized spacial score (nSPS) is 15.3.